The third-order valence-corrected chi connectivity index (χ3v) is 3.39. The maximum absolute atomic E-state index is 12.5. The summed E-state index contributed by atoms with van der Waals surface area (Å²) < 4.78 is 7.25. The van der Waals surface area contributed by atoms with Gasteiger partial charge in [0.1, 0.15) is 5.75 Å². The Morgan fingerprint density at radius 2 is 1.70 bits per heavy atom. The van der Waals surface area contributed by atoms with Crippen molar-refractivity contribution in [3.8, 4) is 5.75 Å². The van der Waals surface area contributed by atoms with Gasteiger partial charge in [-0.05, 0) is 38.1 Å². The van der Waals surface area contributed by atoms with Crippen molar-refractivity contribution >= 4 is 37.6 Å². The number of carbonyl (C=O) groups is 1. The fraction of sp³-hybridized carbons (Fsp3) is 0.200. The number of pyridine rings is 1. The van der Waals surface area contributed by atoms with Gasteiger partial charge in [-0.1, -0.05) is 31.9 Å². The number of ether oxygens (including phenoxy) is 1. The molecule has 0 atom stereocenters. The van der Waals surface area contributed by atoms with Crippen LogP contribution in [0.25, 0.3) is 0 Å². The fourth-order valence-electron chi connectivity index (χ4n) is 1.73. The molecule has 0 unspecified atom stereocenters. The number of hydrogen-bond acceptors (Lipinski definition) is 3. The van der Waals surface area contributed by atoms with E-state index in [0.29, 0.717) is 16.9 Å². The van der Waals surface area contributed by atoms with Crippen LogP contribution in [0.2, 0.25) is 0 Å². The quantitative estimate of drug-likeness (QED) is 0.705. The van der Waals surface area contributed by atoms with Gasteiger partial charge in [-0.3, -0.25) is 9.78 Å². The largest absolute Gasteiger partial charge is 0.489 e. The van der Waals surface area contributed by atoms with Crippen LogP contribution in [0.4, 0.5) is 0 Å². The van der Waals surface area contributed by atoms with Gasteiger partial charge in [0.15, 0.2) is 5.78 Å². The van der Waals surface area contributed by atoms with Crippen LogP contribution in [0, 0.1) is 0 Å². The summed E-state index contributed by atoms with van der Waals surface area (Å²) in [6.07, 6.45) is 3.19. The molecule has 2 aromatic rings. The summed E-state index contributed by atoms with van der Waals surface area (Å²) in [5.41, 5.74) is 1.10. The van der Waals surface area contributed by atoms with E-state index in [2.05, 4.69) is 36.8 Å². The second-order valence-corrected chi connectivity index (χ2v) is 6.39. The Balaban J connectivity index is 2.33. The Hall–Kier alpha value is -1.20. The molecule has 0 radical (unpaired) electrons. The molecular formula is C15H13Br2NO2. The molecule has 5 heteroatoms. The van der Waals surface area contributed by atoms with E-state index in [4.69, 9.17) is 4.74 Å². The lowest BCUT2D eigenvalue weighted by Gasteiger charge is -2.10. The zero-order valence-electron chi connectivity index (χ0n) is 11.1. The van der Waals surface area contributed by atoms with Crippen molar-refractivity contribution in [2.24, 2.45) is 0 Å². The predicted molar refractivity (Wildman–Crippen MR) is 85.3 cm³/mol. The van der Waals surface area contributed by atoms with E-state index >= 15 is 0 Å². The summed E-state index contributed by atoms with van der Waals surface area (Å²) in [4.78, 5) is 16.5. The minimum absolute atomic E-state index is 0.0437. The SMILES string of the molecule is CC(C)Oc1cncc(C(=O)c2cc(Br)cc(Br)c2)c1. The smallest absolute Gasteiger partial charge is 0.194 e. The molecule has 0 aliphatic rings. The number of hydrogen-bond donors (Lipinski definition) is 0. The normalized spacial score (nSPS) is 10.7. The second-order valence-electron chi connectivity index (χ2n) is 4.56. The number of aromatic nitrogens is 1. The molecule has 0 amide bonds. The van der Waals surface area contributed by atoms with Crippen LogP contribution in [-0.4, -0.2) is 16.9 Å². The van der Waals surface area contributed by atoms with E-state index in [9.17, 15) is 4.79 Å². The van der Waals surface area contributed by atoms with E-state index < -0.39 is 0 Å². The van der Waals surface area contributed by atoms with Gasteiger partial charge in [0.25, 0.3) is 0 Å². The Morgan fingerprint density at radius 1 is 1.05 bits per heavy atom. The first-order valence-electron chi connectivity index (χ1n) is 6.08. The number of ketones is 1. The van der Waals surface area contributed by atoms with Gasteiger partial charge in [-0.2, -0.15) is 0 Å². The minimum Gasteiger partial charge on any atom is -0.489 e. The molecule has 0 aliphatic carbocycles. The van der Waals surface area contributed by atoms with Gasteiger partial charge in [0, 0.05) is 26.3 Å². The van der Waals surface area contributed by atoms with E-state index in [-0.39, 0.29) is 11.9 Å². The average Bonchev–Trinajstić information content (AvgIpc) is 2.36. The summed E-state index contributed by atoms with van der Waals surface area (Å²) in [5, 5.41) is 0. The zero-order chi connectivity index (χ0) is 14.7. The van der Waals surface area contributed by atoms with Crippen LogP contribution in [0.5, 0.6) is 5.75 Å². The predicted octanol–water partition coefficient (Wildman–Crippen LogP) is 4.62. The number of rotatable bonds is 4. The molecule has 1 aromatic heterocycles. The fourth-order valence-corrected chi connectivity index (χ4v) is 3.02. The Labute approximate surface area is 134 Å². The summed E-state index contributed by atoms with van der Waals surface area (Å²) in [5.74, 6) is 0.508. The number of carbonyl (C=O) groups excluding carboxylic acids is 1. The van der Waals surface area contributed by atoms with E-state index in [1.165, 1.54) is 0 Å². The highest BCUT2D eigenvalue weighted by atomic mass is 79.9. The number of benzene rings is 1. The van der Waals surface area contributed by atoms with Gasteiger partial charge < -0.3 is 4.74 Å². The molecule has 0 bridgehead atoms. The van der Waals surface area contributed by atoms with Crippen molar-refractivity contribution in [2.45, 2.75) is 20.0 Å². The third kappa shape index (κ3) is 3.90. The van der Waals surface area contributed by atoms with E-state index in [1.54, 1.807) is 30.6 Å². The summed E-state index contributed by atoms with van der Waals surface area (Å²) in [6, 6.07) is 7.16. The monoisotopic (exact) mass is 397 g/mol. The zero-order valence-corrected chi connectivity index (χ0v) is 14.2. The highest BCUT2D eigenvalue weighted by Gasteiger charge is 2.12. The van der Waals surface area contributed by atoms with Crippen molar-refractivity contribution in [3.05, 3.63) is 56.7 Å². The van der Waals surface area contributed by atoms with Gasteiger partial charge in [-0.15, -0.1) is 0 Å². The standard InChI is InChI=1S/C15H13Br2NO2/c1-9(2)20-14-5-11(7-18-8-14)15(19)10-3-12(16)6-13(17)4-10/h3-9H,1-2H3. The first-order valence-corrected chi connectivity index (χ1v) is 7.67. The van der Waals surface area contributed by atoms with Crippen LogP contribution < -0.4 is 4.74 Å². The molecule has 0 N–H and O–H groups in total. The topological polar surface area (TPSA) is 39.2 Å². The molecule has 0 spiro atoms. The molecule has 1 heterocycles. The van der Waals surface area contributed by atoms with Crippen molar-refractivity contribution in [1.29, 1.82) is 0 Å². The van der Waals surface area contributed by atoms with Crippen LogP contribution in [0.1, 0.15) is 29.8 Å². The first-order chi connectivity index (χ1) is 9.45. The lowest BCUT2D eigenvalue weighted by Crippen LogP contribution is -2.08. The maximum atomic E-state index is 12.5. The molecular weight excluding hydrogens is 386 g/mol. The molecule has 0 saturated heterocycles. The molecule has 1 aromatic carbocycles. The second kappa shape index (κ2) is 6.50. The lowest BCUT2D eigenvalue weighted by molar-refractivity contribution is 0.103. The Bertz CT molecular complexity index is 621. The molecule has 2 rings (SSSR count). The number of halogens is 2. The molecule has 20 heavy (non-hydrogen) atoms. The summed E-state index contributed by atoms with van der Waals surface area (Å²) >= 11 is 6.76. The minimum atomic E-state index is -0.0892. The van der Waals surface area contributed by atoms with Crippen LogP contribution >= 0.6 is 31.9 Å². The molecule has 3 nitrogen and oxygen atoms in total. The molecule has 0 fully saturated rings. The lowest BCUT2D eigenvalue weighted by atomic mass is 10.1. The van der Waals surface area contributed by atoms with Crippen molar-refractivity contribution in [2.75, 3.05) is 0 Å². The third-order valence-electron chi connectivity index (χ3n) is 2.47. The van der Waals surface area contributed by atoms with Crippen LogP contribution in [0.15, 0.2) is 45.6 Å². The highest BCUT2D eigenvalue weighted by molar-refractivity contribution is 9.11. The molecule has 0 saturated carbocycles. The van der Waals surface area contributed by atoms with Gasteiger partial charge in [-0.25, -0.2) is 0 Å². The van der Waals surface area contributed by atoms with E-state index in [0.717, 1.165) is 8.95 Å². The van der Waals surface area contributed by atoms with Gasteiger partial charge >= 0.3 is 0 Å². The average molecular weight is 399 g/mol. The number of nitrogens with zero attached hydrogens (tertiary/aromatic N) is 1. The first kappa shape index (κ1) is 15.2. The van der Waals surface area contributed by atoms with Gasteiger partial charge in [0.05, 0.1) is 12.3 Å². The molecule has 104 valence electrons. The molecule has 0 aliphatic heterocycles. The van der Waals surface area contributed by atoms with E-state index in [1.807, 2.05) is 19.9 Å². The van der Waals surface area contributed by atoms with Crippen molar-refractivity contribution in [1.82, 2.24) is 4.98 Å². The Morgan fingerprint density at radius 3 is 2.30 bits per heavy atom. The highest BCUT2D eigenvalue weighted by Crippen LogP contribution is 2.23. The van der Waals surface area contributed by atoms with Crippen LogP contribution in [0.3, 0.4) is 0 Å². The summed E-state index contributed by atoms with van der Waals surface area (Å²) in [7, 11) is 0. The van der Waals surface area contributed by atoms with Crippen molar-refractivity contribution in [3.63, 3.8) is 0 Å². The maximum Gasteiger partial charge on any atom is 0.194 e. The van der Waals surface area contributed by atoms with Crippen LogP contribution in [-0.2, 0) is 0 Å². The Kier molecular flexibility index (Phi) is 4.94. The van der Waals surface area contributed by atoms with Gasteiger partial charge in [0.2, 0.25) is 0 Å². The summed E-state index contributed by atoms with van der Waals surface area (Å²) in [6.45, 7) is 3.86. The van der Waals surface area contributed by atoms with Crippen molar-refractivity contribution < 1.29 is 9.53 Å².